The fraction of sp³-hybridized carbons (Fsp3) is 0.364. The Morgan fingerprint density at radius 1 is 1.56 bits per heavy atom. The van der Waals surface area contributed by atoms with Crippen LogP contribution in [0.2, 0.25) is 5.02 Å². The van der Waals surface area contributed by atoms with Gasteiger partial charge in [-0.1, -0.05) is 11.6 Å². The number of carbonyl (C=O) groups excluding carboxylic acids is 1. The summed E-state index contributed by atoms with van der Waals surface area (Å²) >= 11 is 5.82. The van der Waals surface area contributed by atoms with E-state index in [2.05, 4.69) is 5.32 Å². The molecule has 5 heteroatoms. The number of amides is 1. The molecule has 0 aromatic heterocycles. The zero-order valence-corrected chi connectivity index (χ0v) is 9.88. The summed E-state index contributed by atoms with van der Waals surface area (Å²) in [6, 6.07) is 4.98. The van der Waals surface area contributed by atoms with Crippen LogP contribution in [0.25, 0.3) is 0 Å². The maximum atomic E-state index is 11.4. The van der Waals surface area contributed by atoms with Gasteiger partial charge in [-0.25, -0.2) is 0 Å². The summed E-state index contributed by atoms with van der Waals surface area (Å²) in [6.07, 6.45) is 0.329. The molecule has 0 spiro atoms. The van der Waals surface area contributed by atoms with E-state index in [9.17, 15) is 4.79 Å². The molecule has 0 atom stereocenters. The maximum absolute atomic E-state index is 11.4. The van der Waals surface area contributed by atoms with E-state index >= 15 is 0 Å². The molecule has 4 nitrogen and oxygen atoms in total. The number of halogens is 1. The highest BCUT2D eigenvalue weighted by molar-refractivity contribution is 6.33. The van der Waals surface area contributed by atoms with Crippen LogP contribution in [0.15, 0.2) is 18.2 Å². The van der Waals surface area contributed by atoms with Crippen LogP contribution in [0.4, 0.5) is 11.4 Å². The molecule has 0 bridgehead atoms. The van der Waals surface area contributed by atoms with Crippen molar-refractivity contribution in [3.63, 3.8) is 0 Å². The highest BCUT2D eigenvalue weighted by atomic mass is 35.5. The summed E-state index contributed by atoms with van der Waals surface area (Å²) in [4.78, 5) is 11.4. The summed E-state index contributed by atoms with van der Waals surface area (Å²) in [6.45, 7) is 2.92. The van der Waals surface area contributed by atoms with E-state index in [1.54, 1.807) is 18.2 Å². The van der Waals surface area contributed by atoms with Crippen molar-refractivity contribution in [3.05, 3.63) is 23.2 Å². The van der Waals surface area contributed by atoms with Crippen molar-refractivity contribution in [3.8, 4) is 0 Å². The van der Waals surface area contributed by atoms with E-state index in [1.165, 1.54) is 0 Å². The molecule has 1 amide bonds. The molecular formula is C11H15ClN2O2. The molecule has 1 aromatic carbocycles. The second-order valence-electron chi connectivity index (χ2n) is 3.23. The monoisotopic (exact) mass is 242 g/mol. The Morgan fingerprint density at radius 3 is 2.94 bits per heavy atom. The Balaban J connectivity index is 2.46. The third-order valence-corrected chi connectivity index (χ3v) is 2.29. The van der Waals surface area contributed by atoms with Gasteiger partial charge >= 0.3 is 0 Å². The average Bonchev–Trinajstić information content (AvgIpc) is 2.24. The van der Waals surface area contributed by atoms with Crippen molar-refractivity contribution >= 4 is 28.9 Å². The minimum absolute atomic E-state index is 0.103. The number of nitrogen functional groups attached to an aromatic ring is 1. The number of nitrogens with two attached hydrogens (primary N) is 1. The molecule has 0 unspecified atom stereocenters. The van der Waals surface area contributed by atoms with Gasteiger partial charge in [-0.15, -0.1) is 0 Å². The lowest BCUT2D eigenvalue weighted by Gasteiger charge is -2.06. The first-order valence-corrected chi connectivity index (χ1v) is 5.44. The predicted molar refractivity (Wildman–Crippen MR) is 65.6 cm³/mol. The SMILES string of the molecule is CCOCCC(=O)Nc1ccc(N)c(Cl)c1. The number of anilines is 2. The molecule has 0 aliphatic rings. The third-order valence-electron chi connectivity index (χ3n) is 1.96. The summed E-state index contributed by atoms with van der Waals surface area (Å²) in [7, 11) is 0. The molecule has 1 rings (SSSR count). The van der Waals surface area contributed by atoms with Gasteiger partial charge in [0.15, 0.2) is 0 Å². The Hall–Kier alpha value is -1.26. The quantitative estimate of drug-likeness (QED) is 0.615. The first-order valence-electron chi connectivity index (χ1n) is 5.06. The Kier molecular flexibility index (Phi) is 5.08. The number of rotatable bonds is 5. The maximum Gasteiger partial charge on any atom is 0.226 e. The fourth-order valence-corrected chi connectivity index (χ4v) is 1.32. The van der Waals surface area contributed by atoms with Gasteiger partial charge in [0.25, 0.3) is 0 Å². The van der Waals surface area contributed by atoms with Crippen LogP contribution in [0.1, 0.15) is 13.3 Å². The zero-order valence-electron chi connectivity index (χ0n) is 9.13. The van der Waals surface area contributed by atoms with E-state index < -0.39 is 0 Å². The lowest BCUT2D eigenvalue weighted by molar-refractivity contribution is -0.117. The van der Waals surface area contributed by atoms with Crippen molar-refractivity contribution < 1.29 is 9.53 Å². The molecule has 16 heavy (non-hydrogen) atoms. The highest BCUT2D eigenvalue weighted by Crippen LogP contribution is 2.22. The number of nitrogens with one attached hydrogen (secondary N) is 1. The normalized spacial score (nSPS) is 10.1. The number of benzene rings is 1. The minimum Gasteiger partial charge on any atom is -0.398 e. The molecule has 1 aromatic rings. The zero-order chi connectivity index (χ0) is 12.0. The van der Waals surface area contributed by atoms with Crippen molar-refractivity contribution in [2.24, 2.45) is 0 Å². The topological polar surface area (TPSA) is 64.3 Å². The van der Waals surface area contributed by atoms with Crippen molar-refractivity contribution in [1.29, 1.82) is 0 Å². The van der Waals surface area contributed by atoms with Gasteiger partial charge in [0.2, 0.25) is 5.91 Å². The minimum atomic E-state index is -0.103. The summed E-state index contributed by atoms with van der Waals surface area (Å²) in [5, 5.41) is 3.14. The largest absolute Gasteiger partial charge is 0.398 e. The number of ether oxygens (including phenoxy) is 1. The molecular weight excluding hydrogens is 228 g/mol. The van der Waals surface area contributed by atoms with Crippen molar-refractivity contribution in [2.45, 2.75) is 13.3 Å². The number of carbonyl (C=O) groups is 1. The molecule has 0 saturated heterocycles. The van der Waals surface area contributed by atoms with Crippen LogP contribution in [0, 0.1) is 0 Å². The van der Waals surface area contributed by atoms with E-state index in [0.29, 0.717) is 36.0 Å². The molecule has 0 aliphatic carbocycles. The molecule has 0 fully saturated rings. The van der Waals surface area contributed by atoms with E-state index in [1.807, 2.05) is 6.92 Å². The first-order chi connectivity index (χ1) is 7.63. The number of hydrogen-bond donors (Lipinski definition) is 2. The first kappa shape index (κ1) is 12.8. The van der Waals surface area contributed by atoms with Crippen LogP contribution in [-0.4, -0.2) is 19.1 Å². The summed E-state index contributed by atoms with van der Waals surface area (Å²) in [5.41, 5.74) is 6.69. The van der Waals surface area contributed by atoms with Crippen LogP contribution in [0.3, 0.4) is 0 Å². The van der Waals surface area contributed by atoms with Crippen molar-refractivity contribution in [1.82, 2.24) is 0 Å². The van der Waals surface area contributed by atoms with E-state index in [-0.39, 0.29) is 5.91 Å². The van der Waals surface area contributed by atoms with E-state index in [4.69, 9.17) is 22.1 Å². The Morgan fingerprint density at radius 2 is 2.31 bits per heavy atom. The lowest BCUT2D eigenvalue weighted by Crippen LogP contribution is -2.14. The Bertz CT molecular complexity index is 369. The van der Waals surface area contributed by atoms with Crippen molar-refractivity contribution in [2.75, 3.05) is 24.3 Å². The Labute approximate surface area is 99.7 Å². The lowest BCUT2D eigenvalue weighted by atomic mass is 10.2. The van der Waals surface area contributed by atoms with Gasteiger partial charge in [-0.05, 0) is 25.1 Å². The second-order valence-corrected chi connectivity index (χ2v) is 3.64. The van der Waals surface area contributed by atoms with E-state index in [0.717, 1.165) is 0 Å². The molecule has 0 radical (unpaired) electrons. The van der Waals surface area contributed by atoms with Crippen LogP contribution in [0.5, 0.6) is 0 Å². The molecule has 88 valence electrons. The van der Waals surface area contributed by atoms with Gasteiger partial charge in [0, 0.05) is 12.3 Å². The molecule has 0 saturated carbocycles. The van der Waals surface area contributed by atoms with Crippen LogP contribution < -0.4 is 11.1 Å². The second kappa shape index (κ2) is 6.35. The van der Waals surface area contributed by atoms with Gasteiger partial charge in [-0.3, -0.25) is 4.79 Å². The molecule has 3 N–H and O–H groups in total. The van der Waals surface area contributed by atoms with Gasteiger partial charge in [0.1, 0.15) is 0 Å². The molecule has 0 aliphatic heterocycles. The number of hydrogen-bond acceptors (Lipinski definition) is 3. The van der Waals surface area contributed by atoms with Gasteiger partial charge in [0.05, 0.1) is 23.7 Å². The highest BCUT2D eigenvalue weighted by Gasteiger charge is 2.03. The standard InChI is InChI=1S/C11H15ClN2O2/c1-2-16-6-5-11(15)14-8-3-4-10(13)9(12)7-8/h3-4,7H,2,5-6,13H2,1H3,(H,14,15). The summed E-state index contributed by atoms with van der Waals surface area (Å²) < 4.78 is 5.08. The predicted octanol–water partition coefficient (Wildman–Crippen LogP) is 2.29. The average molecular weight is 243 g/mol. The van der Waals surface area contributed by atoms with Gasteiger partial charge in [-0.2, -0.15) is 0 Å². The van der Waals surface area contributed by atoms with Crippen LogP contribution in [-0.2, 0) is 9.53 Å². The van der Waals surface area contributed by atoms with Crippen LogP contribution >= 0.6 is 11.6 Å². The smallest absolute Gasteiger partial charge is 0.226 e. The fourth-order valence-electron chi connectivity index (χ4n) is 1.14. The molecule has 0 heterocycles. The summed E-state index contributed by atoms with van der Waals surface area (Å²) in [5.74, 6) is -0.103. The third kappa shape index (κ3) is 4.08. The van der Waals surface area contributed by atoms with Gasteiger partial charge < -0.3 is 15.8 Å².